The van der Waals surface area contributed by atoms with E-state index in [2.05, 4.69) is 20.6 Å². The lowest BCUT2D eigenvalue weighted by atomic mass is 10.1. The van der Waals surface area contributed by atoms with Gasteiger partial charge in [0, 0.05) is 18.7 Å². The molecule has 144 valence electrons. The van der Waals surface area contributed by atoms with E-state index in [1.54, 1.807) is 25.1 Å². The first kappa shape index (κ1) is 19.3. The van der Waals surface area contributed by atoms with E-state index < -0.39 is 0 Å². The molecule has 1 aliphatic rings. The summed E-state index contributed by atoms with van der Waals surface area (Å²) in [5, 5.41) is 6.28. The van der Waals surface area contributed by atoms with Crippen LogP contribution < -0.4 is 10.6 Å². The Labute approximate surface area is 159 Å². The molecule has 27 heavy (non-hydrogen) atoms. The van der Waals surface area contributed by atoms with Crippen LogP contribution in [0, 0.1) is 12.7 Å². The summed E-state index contributed by atoms with van der Waals surface area (Å²) in [6.07, 6.45) is 7.42. The molecule has 0 saturated heterocycles. The van der Waals surface area contributed by atoms with Gasteiger partial charge in [0.05, 0.1) is 0 Å². The standard InChI is InChI=1S/C21H27FN4O/c1-15-24-19(21(27)26-17-9-4-2-3-5-10-17)14-20(25-15)23-13-12-16-8-6-7-11-18(16)22/h6-8,11,14,17H,2-5,9-10,12-13H2,1H3,(H,26,27)(H,23,24,25). The van der Waals surface area contributed by atoms with Gasteiger partial charge >= 0.3 is 0 Å². The summed E-state index contributed by atoms with van der Waals surface area (Å²) in [5.74, 6) is 0.771. The molecule has 0 radical (unpaired) electrons. The van der Waals surface area contributed by atoms with Crippen molar-refractivity contribution in [2.75, 3.05) is 11.9 Å². The van der Waals surface area contributed by atoms with E-state index in [4.69, 9.17) is 0 Å². The maximum Gasteiger partial charge on any atom is 0.270 e. The zero-order valence-electron chi connectivity index (χ0n) is 15.8. The minimum absolute atomic E-state index is 0.149. The predicted molar refractivity (Wildman–Crippen MR) is 104 cm³/mol. The van der Waals surface area contributed by atoms with Gasteiger partial charge in [0.2, 0.25) is 0 Å². The van der Waals surface area contributed by atoms with Crippen molar-refractivity contribution in [2.45, 2.75) is 57.9 Å². The number of anilines is 1. The minimum atomic E-state index is -0.207. The summed E-state index contributed by atoms with van der Waals surface area (Å²) < 4.78 is 13.7. The maximum atomic E-state index is 13.7. The van der Waals surface area contributed by atoms with Crippen LogP contribution in [0.2, 0.25) is 0 Å². The van der Waals surface area contributed by atoms with Crippen LogP contribution in [-0.4, -0.2) is 28.5 Å². The molecule has 1 heterocycles. The number of amides is 1. The quantitative estimate of drug-likeness (QED) is 0.754. The monoisotopic (exact) mass is 370 g/mol. The Morgan fingerprint density at radius 1 is 1.15 bits per heavy atom. The highest BCUT2D eigenvalue weighted by Gasteiger charge is 2.17. The van der Waals surface area contributed by atoms with Crippen LogP contribution in [-0.2, 0) is 6.42 Å². The van der Waals surface area contributed by atoms with Crippen molar-refractivity contribution >= 4 is 11.7 Å². The molecule has 0 unspecified atom stereocenters. The van der Waals surface area contributed by atoms with Gasteiger partial charge in [-0.05, 0) is 37.8 Å². The molecule has 1 saturated carbocycles. The largest absolute Gasteiger partial charge is 0.370 e. The summed E-state index contributed by atoms with van der Waals surface area (Å²) in [7, 11) is 0. The molecule has 0 spiro atoms. The first-order valence-electron chi connectivity index (χ1n) is 9.75. The molecule has 0 atom stereocenters. The van der Waals surface area contributed by atoms with Crippen molar-refractivity contribution in [3.63, 3.8) is 0 Å². The Morgan fingerprint density at radius 3 is 2.63 bits per heavy atom. The zero-order valence-corrected chi connectivity index (χ0v) is 15.8. The number of carbonyl (C=O) groups excluding carboxylic acids is 1. The van der Waals surface area contributed by atoms with E-state index in [9.17, 15) is 9.18 Å². The van der Waals surface area contributed by atoms with E-state index in [1.807, 2.05) is 6.07 Å². The highest BCUT2D eigenvalue weighted by atomic mass is 19.1. The molecule has 1 aliphatic carbocycles. The number of rotatable bonds is 6. The third kappa shape index (κ3) is 5.74. The van der Waals surface area contributed by atoms with E-state index in [-0.39, 0.29) is 17.8 Å². The van der Waals surface area contributed by atoms with Gasteiger partial charge in [-0.2, -0.15) is 0 Å². The zero-order chi connectivity index (χ0) is 19.1. The fourth-order valence-corrected chi connectivity index (χ4v) is 3.48. The van der Waals surface area contributed by atoms with Gasteiger partial charge < -0.3 is 10.6 Å². The minimum Gasteiger partial charge on any atom is -0.370 e. The summed E-state index contributed by atoms with van der Waals surface area (Å²) in [6, 6.07) is 8.63. The molecular formula is C21H27FN4O. The molecule has 1 aromatic heterocycles. The van der Waals surface area contributed by atoms with Gasteiger partial charge in [0.25, 0.3) is 5.91 Å². The van der Waals surface area contributed by atoms with Gasteiger partial charge in [0.1, 0.15) is 23.2 Å². The fourth-order valence-electron chi connectivity index (χ4n) is 3.48. The van der Waals surface area contributed by atoms with Crippen LogP contribution in [0.25, 0.3) is 0 Å². The second-order valence-corrected chi connectivity index (χ2v) is 7.12. The average Bonchev–Trinajstić information content (AvgIpc) is 2.91. The van der Waals surface area contributed by atoms with Gasteiger partial charge in [-0.15, -0.1) is 0 Å². The maximum absolute atomic E-state index is 13.7. The van der Waals surface area contributed by atoms with E-state index in [0.29, 0.717) is 35.9 Å². The molecule has 5 nitrogen and oxygen atoms in total. The third-order valence-corrected chi connectivity index (χ3v) is 4.92. The Balaban J connectivity index is 1.59. The van der Waals surface area contributed by atoms with Crippen LogP contribution in [0.15, 0.2) is 30.3 Å². The highest BCUT2D eigenvalue weighted by molar-refractivity contribution is 5.93. The van der Waals surface area contributed by atoms with Crippen LogP contribution >= 0.6 is 0 Å². The number of aryl methyl sites for hydroxylation is 1. The summed E-state index contributed by atoms with van der Waals surface area (Å²) in [5.41, 5.74) is 1.03. The van der Waals surface area contributed by atoms with Gasteiger partial charge in [-0.3, -0.25) is 4.79 Å². The lowest BCUT2D eigenvalue weighted by molar-refractivity contribution is 0.0928. The van der Waals surface area contributed by atoms with E-state index in [1.165, 1.54) is 18.9 Å². The molecule has 6 heteroatoms. The number of benzene rings is 1. The summed E-state index contributed by atoms with van der Waals surface area (Å²) in [4.78, 5) is 21.2. The number of hydrogen-bond donors (Lipinski definition) is 2. The molecule has 1 aromatic carbocycles. The first-order chi connectivity index (χ1) is 13.1. The van der Waals surface area contributed by atoms with Crippen LogP contribution in [0.5, 0.6) is 0 Å². The molecule has 1 fully saturated rings. The highest BCUT2D eigenvalue weighted by Crippen LogP contribution is 2.18. The van der Waals surface area contributed by atoms with Crippen molar-refractivity contribution in [1.29, 1.82) is 0 Å². The lowest BCUT2D eigenvalue weighted by Gasteiger charge is -2.16. The number of nitrogens with one attached hydrogen (secondary N) is 2. The molecule has 0 aliphatic heterocycles. The number of hydrogen-bond acceptors (Lipinski definition) is 4. The molecule has 2 aromatic rings. The van der Waals surface area contributed by atoms with Crippen LogP contribution in [0.3, 0.4) is 0 Å². The summed E-state index contributed by atoms with van der Waals surface area (Å²) >= 11 is 0. The number of carbonyl (C=O) groups is 1. The van der Waals surface area contributed by atoms with Gasteiger partial charge in [0.15, 0.2) is 0 Å². The molecule has 2 N–H and O–H groups in total. The average molecular weight is 370 g/mol. The molecule has 1 amide bonds. The van der Waals surface area contributed by atoms with Crippen molar-refractivity contribution < 1.29 is 9.18 Å². The predicted octanol–water partition coefficient (Wildman–Crippen LogP) is 4.03. The van der Waals surface area contributed by atoms with E-state index in [0.717, 1.165) is 25.7 Å². The van der Waals surface area contributed by atoms with E-state index >= 15 is 0 Å². The second kappa shape index (κ2) is 9.44. The van der Waals surface area contributed by atoms with Crippen molar-refractivity contribution in [1.82, 2.24) is 15.3 Å². The topological polar surface area (TPSA) is 66.9 Å². The van der Waals surface area contributed by atoms with Crippen molar-refractivity contribution in [3.8, 4) is 0 Å². The smallest absolute Gasteiger partial charge is 0.270 e. The number of halogens is 1. The Morgan fingerprint density at radius 2 is 1.89 bits per heavy atom. The Hall–Kier alpha value is -2.50. The SMILES string of the molecule is Cc1nc(NCCc2ccccc2F)cc(C(=O)NC2CCCCCC2)n1. The van der Waals surface area contributed by atoms with Crippen LogP contribution in [0.1, 0.15) is 60.4 Å². The normalized spacial score (nSPS) is 15.2. The van der Waals surface area contributed by atoms with Crippen molar-refractivity contribution in [3.05, 3.63) is 53.2 Å². The Bertz CT molecular complexity index is 773. The van der Waals surface area contributed by atoms with Crippen LogP contribution in [0.4, 0.5) is 10.2 Å². The summed E-state index contributed by atoms with van der Waals surface area (Å²) in [6.45, 7) is 2.30. The fraction of sp³-hybridized carbons (Fsp3) is 0.476. The van der Waals surface area contributed by atoms with Gasteiger partial charge in [-0.1, -0.05) is 43.9 Å². The number of nitrogens with zero attached hydrogens (tertiary/aromatic N) is 2. The number of aromatic nitrogens is 2. The second-order valence-electron chi connectivity index (χ2n) is 7.12. The lowest BCUT2D eigenvalue weighted by Crippen LogP contribution is -2.35. The van der Waals surface area contributed by atoms with Crippen molar-refractivity contribution in [2.24, 2.45) is 0 Å². The third-order valence-electron chi connectivity index (χ3n) is 4.92. The molecule has 3 rings (SSSR count). The van der Waals surface area contributed by atoms with Gasteiger partial charge in [-0.25, -0.2) is 14.4 Å². The molecule has 0 bridgehead atoms. The first-order valence-corrected chi connectivity index (χ1v) is 9.75. The molecular weight excluding hydrogens is 343 g/mol. The Kier molecular flexibility index (Phi) is 6.74.